The highest BCUT2D eigenvalue weighted by molar-refractivity contribution is 6.64. The van der Waals surface area contributed by atoms with Crippen LogP contribution in [0.2, 0.25) is 0 Å². The fourth-order valence-electron chi connectivity index (χ4n) is 1.06. The van der Waals surface area contributed by atoms with Crippen molar-refractivity contribution in [3.05, 3.63) is 24.5 Å². The number of hydrogen-bond acceptors (Lipinski definition) is 7. The highest BCUT2D eigenvalue weighted by Crippen LogP contribution is 2.03. The molecular weight excluding hydrogens is 238 g/mol. The zero-order valence-electron chi connectivity index (χ0n) is 10.0. The van der Waals surface area contributed by atoms with E-state index in [0.717, 1.165) is 0 Å². The van der Waals surface area contributed by atoms with E-state index in [0.29, 0.717) is 5.69 Å². The number of ether oxygens (including phenoxy) is 2. The first-order valence-corrected chi connectivity index (χ1v) is 5.03. The van der Waals surface area contributed by atoms with Gasteiger partial charge in [-0.1, -0.05) is 0 Å². The highest BCUT2D eigenvalue weighted by Gasteiger charge is 2.21. The molecule has 0 aliphatic heterocycles. The fraction of sp³-hybridized carbons (Fsp3) is 0.273. The van der Waals surface area contributed by atoms with Crippen LogP contribution in [-0.4, -0.2) is 43.3 Å². The van der Waals surface area contributed by atoms with Gasteiger partial charge < -0.3 is 9.47 Å². The topological polar surface area (TPSA) is 89.9 Å². The summed E-state index contributed by atoms with van der Waals surface area (Å²) in [5.74, 6) is -1.38. The average molecular weight is 251 g/mol. The quantitative estimate of drug-likeness (QED) is 0.337. The smallest absolute Gasteiger partial charge is 0.362 e. The van der Waals surface area contributed by atoms with E-state index < -0.39 is 11.8 Å². The number of esters is 1. The van der Waals surface area contributed by atoms with Gasteiger partial charge in [0.05, 0.1) is 12.8 Å². The maximum absolute atomic E-state index is 11.6. The van der Waals surface area contributed by atoms with Gasteiger partial charge in [0.2, 0.25) is 11.5 Å². The van der Waals surface area contributed by atoms with Crippen LogP contribution in [0.4, 0.5) is 5.69 Å². The number of Topliss-reactive ketones (excluding diaryl/α,β-unsaturated/α-hetero) is 1. The lowest BCUT2D eigenvalue weighted by molar-refractivity contribution is -0.133. The molecule has 0 saturated heterocycles. The number of aromatic nitrogens is 1. The van der Waals surface area contributed by atoms with Gasteiger partial charge in [-0.2, -0.15) is 5.10 Å². The van der Waals surface area contributed by atoms with E-state index in [1.54, 1.807) is 24.5 Å². The third-order valence-corrected chi connectivity index (χ3v) is 1.90. The van der Waals surface area contributed by atoms with Crippen LogP contribution in [0.1, 0.15) is 0 Å². The van der Waals surface area contributed by atoms with Crippen LogP contribution in [-0.2, 0) is 19.1 Å². The Hall–Kier alpha value is -2.28. The highest BCUT2D eigenvalue weighted by atomic mass is 16.5. The third-order valence-electron chi connectivity index (χ3n) is 1.90. The molecule has 1 aromatic rings. The van der Waals surface area contributed by atoms with Gasteiger partial charge in [-0.05, 0) is 12.1 Å². The second kappa shape index (κ2) is 7.13. The molecule has 0 spiro atoms. The van der Waals surface area contributed by atoms with E-state index in [-0.39, 0.29) is 12.3 Å². The Labute approximate surface area is 104 Å². The number of methoxy groups -OCH3 is 2. The standard InChI is InChI=1S/C11H13N3O4/c1-17-7-9(15)10(11(16)18-2)14-13-8-3-5-12-6-4-8/h3-6H,7H2,1-2H3,(H,12,13)/b14-10+. The van der Waals surface area contributed by atoms with Crippen LogP contribution in [0.25, 0.3) is 0 Å². The molecule has 0 amide bonds. The summed E-state index contributed by atoms with van der Waals surface area (Å²) in [7, 11) is 2.52. The molecule has 96 valence electrons. The first-order valence-electron chi connectivity index (χ1n) is 5.03. The van der Waals surface area contributed by atoms with Crippen LogP contribution in [0, 0.1) is 0 Å². The van der Waals surface area contributed by atoms with Gasteiger partial charge in [-0.3, -0.25) is 15.2 Å². The maximum atomic E-state index is 11.6. The van der Waals surface area contributed by atoms with E-state index in [1.165, 1.54) is 14.2 Å². The molecule has 18 heavy (non-hydrogen) atoms. The number of carbonyl (C=O) groups excluding carboxylic acids is 2. The number of anilines is 1. The summed E-state index contributed by atoms with van der Waals surface area (Å²) in [6, 6.07) is 3.28. The number of hydrogen-bond donors (Lipinski definition) is 1. The second-order valence-corrected chi connectivity index (χ2v) is 3.16. The molecule has 0 bridgehead atoms. The zero-order valence-corrected chi connectivity index (χ0v) is 10.0. The summed E-state index contributed by atoms with van der Waals surface area (Å²) >= 11 is 0. The number of pyridine rings is 1. The third kappa shape index (κ3) is 3.95. The number of rotatable bonds is 6. The van der Waals surface area contributed by atoms with Gasteiger partial charge in [0.15, 0.2) is 0 Å². The molecule has 0 fully saturated rings. The minimum Gasteiger partial charge on any atom is -0.464 e. The molecule has 0 aromatic carbocycles. The Morgan fingerprint density at radius 2 is 2.00 bits per heavy atom. The van der Waals surface area contributed by atoms with E-state index in [4.69, 9.17) is 0 Å². The number of nitrogens with one attached hydrogen (secondary N) is 1. The predicted molar refractivity (Wildman–Crippen MR) is 64.2 cm³/mol. The maximum Gasteiger partial charge on any atom is 0.362 e. The first-order chi connectivity index (χ1) is 8.69. The predicted octanol–water partition coefficient (Wildman–Crippen LogP) is 0.238. The van der Waals surface area contributed by atoms with Crippen LogP contribution in [0.5, 0.6) is 0 Å². The molecule has 0 aliphatic carbocycles. The molecular formula is C11H13N3O4. The summed E-state index contributed by atoms with van der Waals surface area (Å²) < 4.78 is 9.13. The number of carbonyl (C=O) groups is 2. The SMILES string of the molecule is COCC(=O)/C(=N\Nc1ccncc1)C(=O)OC. The molecule has 1 aromatic heterocycles. The molecule has 1 rings (SSSR count). The van der Waals surface area contributed by atoms with E-state index in [1.807, 2.05) is 0 Å². The van der Waals surface area contributed by atoms with Crippen molar-refractivity contribution in [1.29, 1.82) is 0 Å². The van der Waals surface area contributed by atoms with Gasteiger partial charge in [-0.25, -0.2) is 4.79 Å². The summed E-state index contributed by atoms with van der Waals surface area (Å²) in [5, 5.41) is 3.72. The molecule has 7 nitrogen and oxygen atoms in total. The lowest BCUT2D eigenvalue weighted by Crippen LogP contribution is -2.29. The molecule has 0 atom stereocenters. The first kappa shape index (κ1) is 13.8. The van der Waals surface area contributed by atoms with Crippen molar-refractivity contribution in [1.82, 2.24) is 4.98 Å². The monoisotopic (exact) mass is 251 g/mol. The zero-order chi connectivity index (χ0) is 13.4. The van der Waals surface area contributed by atoms with Crippen molar-refractivity contribution in [2.45, 2.75) is 0 Å². The second-order valence-electron chi connectivity index (χ2n) is 3.16. The minimum atomic E-state index is -0.821. The summed E-state index contributed by atoms with van der Waals surface area (Å²) in [6.45, 7) is -0.244. The normalized spacial score (nSPS) is 10.9. The van der Waals surface area contributed by atoms with E-state index in [9.17, 15) is 9.59 Å². The van der Waals surface area contributed by atoms with Gasteiger partial charge >= 0.3 is 5.97 Å². The lowest BCUT2D eigenvalue weighted by atomic mass is 10.2. The molecule has 7 heteroatoms. The molecule has 1 N–H and O–H groups in total. The number of nitrogens with zero attached hydrogens (tertiary/aromatic N) is 2. The Morgan fingerprint density at radius 1 is 1.33 bits per heavy atom. The van der Waals surface area contributed by atoms with Crippen molar-refractivity contribution in [2.24, 2.45) is 5.10 Å². The van der Waals surface area contributed by atoms with Crippen LogP contribution >= 0.6 is 0 Å². The van der Waals surface area contributed by atoms with Crippen molar-refractivity contribution in [3.63, 3.8) is 0 Å². The van der Waals surface area contributed by atoms with Crippen LogP contribution < -0.4 is 5.43 Å². The summed E-state index contributed by atoms with van der Waals surface area (Å²) in [4.78, 5) is 26.7. The van der Waals surface area contributed by atoms with E-state index in [2.05, 4.69) is 25.0 Å². The summed E-state index contributed by atoms with van der Waals surface area (Å²) in [5.41, 5.74) is 2.81. The minimum absolute atomic E-state index is 0.244. The molecule has 0 unspecified atom stereocenters. The Balaban J connectivity index is 2.83. The van der Waals surface area contributed by atoms with Gasteiger partial charge in [0, 0.05) is 19.5 Å². The van der Waals surface area contributed by atoms with Crippen LogP contribution in [0.3, 0.4) is 0 Å². The van der Waals surface area contributed by atoms with Crippen LogP contribution in [0.15, 0.2) is 29.6 Å². The molecule has 0 saturated carbocycles. The lowest BCUT2D eigenvalue weighted by Gasteiger charge is -2.04. The van der Waals surface area contributed by atoms with Crippen molar-refractivity contribution >= 4 is 23.2 Å². The van der Waals surface area contributed by atoms with Gasteiger partial charge in [0.1, 0.15) is 6.61 Å². The fourth-order valence-corrected chi connectivity index (χ4v) is 1.06. The van der Waals surface area contributed by atoms with Gasteiger partial charge in [0.25, 0.3) is 0 Å². The molecule has 0 aliphatic rings. The van der Waals surface area contributed by atoms with Crippen molar-refractivity contribution < 1.29 is 19.1 Å². The van der Waals surface area contributed by atoms with Gasteiger partial charge in [-0.15, -0.1) is 0 Å². The van der Waals surface area contributed by atoms with Crippen molar-refractivity contribution in [2.75, 3.05) is 26.3 Å². The Bertz CT molecular complexity index is 445. The number of ketones is 1. The molecule has 1 heterocycles. The van der Waals surface area contributed by atoms with Crippen molar-refractivity contribution in [3.8, 4) is 0 Å². The number of hydrazone groups is 1. The summed E-state index contributed by atoms with van der Waals surface area (Å²) in [6.07, 6.45) is 3.10. The Morgan fingerprint density at radius 3 is 2.56 bits per heavy atom. The molecule has 0 radical (unpaired) electrons. The Kier molecular flexibility index (Phi) is 5.46. The van der Waals surface area contributed by atoms with E-state index >= 15 is 0 Å². The largest absolute Gasteiger partial charge is 0.464 e. The average Bonchev–Trinajstić information content (AvgIpc) is 2.40.